The number of nitro groups is 1. The predicted octanol–water partition coefficient (Wildman–Crippen LogP) is 5.40. The molecule has 2 amide bonds. The first-order chi connectivity index (χ1) is 16.8. The van der Waals surface area contributed by atoms with E-state index in [1.165, 1.54) is 23.1 Å². The van der Waals surface area contributed by atoms with Gasteiger partial charge in [0.15, 0.2) is 0 Å². The number of imide groups is 1. The number of hydrogen-bond acceptors (Lipinski definition) is 7. The van der Waals surface area contributed by atoms with E-state index in [9.17, 15) is 19.7 Å². The fourth-order valence-corrected chi connectivity index (χ4v) is 4.00. The maximum Gasteiger partial charge on any atom is 0.271 e. The Morgan fingerprint density at radius 3 is 2.26 bits per heavy atom. The maximum atomic E-state index is 12.5. The van der Waals surface area contributed by atoms with Crippen molar-refractivity contribution in [3.63, 3.8) is 0 Å². The molecular weight excluding hydrogens is 470 g/mol. The number of halogens is 1. The number of nitro benzene ring substituents is 1. The minimum Gasteiger partial charge on any atom is -0.315 e. The fraction of sp³-hybridized carbons (Fsp3) is 0.200. The van der Waals surface area contributed by atoms with E-state index in [4.69, 9.17) is 11.6 Å². The van der Waals surface area contributed by atoms with Gasteiger partial charge in [-0.05, 0) is 49.7 Å². The minimum atomic E-state index is -0.522. The predicted molar refractivity (Wildman–Crippen MR) is 132 cm³/mol. The molecule has 0 atom stereocenters. The summed E-state index contributed by atoms with van der Waals surface area (Å²) >= 11 is 6.11. The smallest absolute Gasteiger partial charge is 0.271 e. The van der Waals surface area contributed by atoms with Crippen molar-refractivity contribution in [3.8, 4) is 0 Å². The second-order valence-corrected chi connectivity index (χ2v) is 8.44. The molecule has 1 heterocycles. The standard InChI is InChI=1S/C25H22ClN5O4/c1-16-6-8-22(28-29-23-9-7-18(31(34)35)15-21(23)26)17(14-16)10-11-27-12-13-30-24(32)19-4-2-3-5-20(19)25(30)33/h2-9,14-15,27H,10-13H2,1H3. The van der Waals surface area contributed by atoms with Gasteiger partial charge in [-0.2, -0.15) is 5.11 Å². The average Bonchev–Trinajstić information content (AvgIpc) is 3.08. The van der Waals surface area contributed by atoms with Crippen LogP contribution in [0.4, 0.5) is 17.1 Å². The zero-order valence-electron chi connectivity index (χ0n) is 18.9. The molecule has 0 saturated heterocycles. The first-order valence-corrected chi connectivity index (χ1v) is 11.3. The Balaban J connectivity index is 1.35. The van der Waals surface area contributed by atoms with Crippen LogP contribution in [0.15, 0.2) is 70.9 Å². The van der Waals surface area contributed by atoms with Crippen molar-refractivity contribution in [2.75, 3.05) is 19.6 Å². The molecule has 1 N–H and O–H groups in total. The van der Waals surface area contributed by atoms with Gasteiger partial charge in [0.2, 0.25) is 0 Å². The Morgan fingerprint density at radius 2 is 1.60 bits per heavy atom. The van der Waals surface area contributed by atoms with Crippen molar-refractivity contribution in [2.45, 2.75) is 13.3 Å². The summed E-state index contributed by atoms with van der Waals surface area (Å²) in [5.74, 6) is -0.530. The number of azo groups is 1. The fourth-order valence-electron chi connectivity index (χ4n) is 3.79. The molecule has 1 aliphatic heterocycles. The number of fused-ring (bicyclic) bond motifs is 1. The van der Waals surface area contributed by atoms with Gasteiger partial charge in [0.25, 0.3) is 17.5 Å². The largest absolute Gasteiger partial charge is 0.315 e. The summed E-state index contributed by atoms with van der Waals surface area (Å²) in [6, 6.07) is 16.6. The molecule has 35 heavy (non-hydrogen) atoms. The SMILES string of the molecule is Cc1ccc(N=Nc2ccc([N+](=O)[O-])cc2Cl)c(CCNCCN2C(=O)c3ccccc3C2=O)c1. The number of amides is 2. The lowest BCUT2D eigenvalue weighted by Crippen LogP contribution is -2.36. The average molecular weight is 492 g/mol. The molecule has 0 fully saturated rings. The van der Waals surface area contributed by atoms with Crippen LogP contribution in [0.3, 0.4) is 0 Å². The third kappa shape index (κ3) is 5.42. The Hall–Kier alpha value is -3.95. The molecule has 3 aromatic rings. The monoisotopic (exact) mass is 491 g/mol. The Kier molecular flexibility index (Phi) is 7.28. The van der Waals surface area contributed by atoms with Gasteiger partial charge >= 0.3 is 0 Å². The van der Waals surface area contributed by atoms with E-state index in [1.54, 1.807) is 24.3 Å². The number of carbonyl (C=O) groups excluding carboxylic acids is 2. The molecule has 0 unspecified atom stereocenters. The van der Waals surface area contributed by atoms with Crippen molar-refractivity contribution in [1.82, 2.24) is 10.2 Å². The summed E-state index contributed by atoms with van der Waals surface area (Å²) in [7, 11) is 0. The molecule has 0 saturated carbocycles. The number of nitrogens with one attached hydrogen (secondary N) is 1. The molecule has 10 heteroatoms. The number of rotatable bonds is 9. The lowest BCUT2D eigenvalue weighted by Gasteiger charge is -2.14. The number of carbonyl (C=O) groups is 2. The molecule has 0 spiro atoms. The first-order valence-electron chi connectivity index (χ1n) is 11.0. The van der Waals surface area contributed by atoms with Crippen molar-refractivity contribution >= 4 is 40.5 Å². The van der Waals surface area contributed by atoms with Gasteiger partial charge in [0, 0.05) is 25.2 Å². The molecule has 0 radical (unpaired) electrons. The zero-order valence-corrected chi connectivity index (χ0v) is 19.7. The molecule has 9 nitrogen and oxygen atoms in total. The third-order valence-electron chi connectivity index (χ3n) is 5.60. The molecule has 178 valence electrons. The van der Waals surface area contributed by atoms with Crippen LogP contribution >= 0.6 is 11.6 Å². The highest BCUT2D eigenvalue weighted by atomic mass is 35.5. The summed E-state index contributed by atoms with van der Waals surface area (Å²) in [5.41, 5.74) is 3.80. The van der Waals surface area contributed by atoms with Crippen LogP contribution in [-0.2, 0) is 6.42 Å². The number of hydrogen-bond donors (Lipinski definition) is 1. The van der Waals surface area contributed by atoms with Gasteiger partial charge in [0.05, 0.1) is 26.8 Å². The van der Waals surface area contributed by atoms with Crippen molar-refractivity contribution in [1.29, 1.82) is 0 Å². The summed E-state index contributed by atoms with van der Waals surface area (Å²) in [6.45, 7) is 3.33. The molecule has 0 aromatic heterocycles. The summed E-state index contributed by atoms with van der Waals surface area (Å²) in [6.07, 6.45) is 0.645. The highest BCUT2D eigenvalue weighted by molar-refractivity contribution is 6.33. The Morgan fingerprint density at radius 1 is 0.943 bits per heavy atom. The lowest BCUT2D eigenvalue weighted by atomic mass is 10.1. The zero-order chi connectivity index (χ0) is 24.9. The van der Waals surface area contributed by atoms with Gasteiger partial charge in [-0.15, -0.1) is 5.11 Å². The van der Waals surface area contributed by atoms with Crippen LogP contribution in [0.5, 0.6) is 0 Å². The van der Waals surface area contributed by atoms with Crippen LogP contribution < -0.4 is 5.32 Å². The van der Waals surface area contributed by atoms with Crippen molar-refractivity contribution < 1.29 is 14.5 Å². The van der Waals surface area contributed by atoms with Gasteiger partial charge in [-0.1, -0.05) is 41.4 Å². The van der Waals surface area contributed by atoms with Crippen LogP contribution in [0.25, 0.3) is 0 Å². The van der Waals surface area contributed by atoms with Crippen molar-refractivity contribution in [2.24, 2.45) is 10.2 Å². The normalized spacial score (nSPS) is 13.0. The van der Waals surface area contributed by atoms with Gasteiger partial charge < -0.3 is 5.32 Å². The number of nitrogens with zero attached hydrogens (tertiary/aromatic N) is 4. The highest BCUT2D eigenvalue weighted by Gasteiger charge is 2.34. The van der Waals surface area contributed by atoms with E-state index < -0.39 is 4.92 Å². The number of aryl methyl sites for hydroxylation is 1. The van der Waals surface area contributed by atoms with Crippen LogP contribution in [0.2, 0.25) is 5.02 Å². The highest BCUT2D eigenvalue weighted by Crippen LogP contribution is 2.31. The molecular formula is C25H22ClN5O4. The van der Waals surface area contributed by atoms with Crippen LogP contribution in [0, 0.1) is 17.0 Å². The van der Waals surface area contributed by atoms with Crippen LogP contribution in [0.1, 0.15) is 31.8 Å². The van der Waals surface area contributed by atoms with E-state index in [-0.39, 0.29) is 29.1 Å². The maximum absolute atomic E-state index is 12.5. The second kappa shape index (κ2) is 10.5. The summed E-state index contributed by atoms with van der Waals surface area (Å²) < 4.78 is 0. The van der Waals surface area contributed by atoms with E-state index in [2.05, 4.69) is 15.5 Å². The second-order valence-electron chi connectivity index (χ2n) is 8.03. The molecule has 3 aromatic carbocycles. The molecule has 1 aliphatic rings. The lowest BCUT2D eigenvalue weighted by molar-refractivity contribution is -0.384. The number of benzene rings is 3. The van der Waals surface area contributed by atoms with E-state index >= 15 is 0 Å². The Labute approximate surface area is 206 Å². The molecule has 4 rings (SSSR count). The summed E-state index contributed by atoms with van der Waals surface area (Å²) in [5, 5.41) is 22.8. The topological polar surface area (TPSA) is 117 Å². The third-order valence-corrected chi connectivity index (χ3v) is 5.91. The first kappa shape index (κ1) is 24.2. The Bertz CT molecular complexity index is 1310. The van der Waals surface area contributed by atoms with E-state index in [0.717, 1.165) is 11.1 Å². The van der Waals surface area contributed by atoms with Crippen LogP contribution in [-0.4, -0.2) is 41.3 Å². The van der Waals surface area contributed by atoms with E-state index in [0.29, 0.717) is 42.0 Å². The number of non-ortho nitro benzene ring substituents is 1. The van der Waals surface area contributed by atoms with Crippen molar-refractivity contribution in [3.05, 3.63) is 98.1 Å². The summed E-state index contributed by atoms with van der Waals surface area (Å²) in [4.78, 5) is 36.5. The molecule has 0 bridgehead atoms. The van der Waals surface area contributed by atoms with Gasteiger partial charge in [-0.3, -0.25) is 24.6 Å². The minimum absolute atomic E-state index is 0.114. The quantitative estimate of drug-likeness (QED) is 0.141. The van der Waals surface area contributed by atoms with E-state index in [1.807, 2.05) is 25.1 Å². The molecule has 0 aliphatic carbocycles. The van der Waals surface area contributed by atoms with Gasteiger partial charge in [0.1, 0.15) is 5.69 Å². The van der Waals surface area contributed by atoms with Gasteiger partial charge in [-0.25, -0.2) is 0 Å².